The van der Waals surface area contributed by atoms with Crippen LogP contribution in [0.4, 0.5) is 10.1 Å². The highest BCUT2D eigenvalue weighted by Gasteiger charge is 2.32. The van der Waals surface area contributed by atoms with Gasteiger partial charge in [0.25, 0.3) is 0 Å². The summed E-state index contributed by atoms with van der Waals surface area (Å²) in [5.41, 5.74) is 2.01. The second kappa shape index (κ2) is 8.74. The van der Waals surface area contributed by atoms with Crippen LogP contribution in [0.3, 0.4) is 0 Å². The lowest BCUT2D eigenvalue weighted by atomic mass is 9.94. The summed E-state index contributed by atoms with van der Waals surface area (Å²) in [5.74, 6) is 0.266. The first kappa shape index (κ1) is 18.9. The molecule has 28 heavy (non-hydrogen) atoms. The Kier molecular flexibility index (Phi) is 5.91. The van der Waals surface area contributed by atoms with E-state index in [1.807, 2.05) is 21.9 Å². The average molecular weight is 383 g/mol. The van der Waals surface area contributed by atoms with Gasteiger partial charge in [0.15, 0.2) is 0 Å². The summed E-state index contributed by atoms with van der Waals surface area (Å²) in [6.07, 6.45) is 1.93. The first-order valence-electron chi connectivity index (χ1n) is 10.4. The quantitative estimate of drug-likeness (QED) is 0.876. The molecule has 2 aliphatic heterocycles. The minimum absolute atomic E-state index is 0.152. The van der Waals surface area contributed by atoms with Crippen molar-refractivity contribution in [3.8, 4) is 0 Å². The summed E-state index contributed by atoms with van der Waals surface area (Å²) < 4.78 is 14.0. The van der Waals surface area contributed by atoms with Crippen molar-refractivity contribution in [3.05, 3.63) is 66.0 Å². The number of amides is 1. The predicted molar refractivity (Wildman–Crippen MR) is 109 cm³/mol. The smallest absolute Gasteiger partial charge is 0.226 e. The van der Waals surface area contributed by atoms with Crippen molar-refractivity contribution in [3.63, 3.8) is 0 Å². The fourth-order valence-electron chi connectivity index (χ4n) is 4.47. The maximum atomic E-state index is 14.0. The summed E-state index contributed by atoms with van der Waals surface area (Å²) in [7, 11) is 0. The van der Waals surface area contributed by atoms with Crippen LogP contribution in [0, 0.1) is 11.7 Å². The third kappa shape index (κ3) is 4.36. The third-order valence-electron chi connectivity index (χ3n) is 6.12. The fraction of sp³-hybridized carbons (Fsp3) is 0.435. The second-order valence-electron chi connectivity index (χ2n) is 7.95. The van der Waals surface area contributed by atoms with Crippen LogP contribution in [-0.4, -0.2) is 50.1 Å². The van der Waals surface area contributed by atoms with Crippen LogP contribution in [0.5, 0.6) is 0 Å². The number of halogens is 1. The van der Waals surface area contributed by atoms with Crippen molar-refractivity contribution < 1.29 is 14.1 Å². The summed E-state index contributed by atoms with van der Waals surface area (Å²) in [6, 6.07) is 17.5. The minimum Gasteiger partial charge on any atom is -0.366 e. The number of piperazine rings is 1. The van der Waals surface area contributed by atoms with Gasteiger partial charge in [-0.1, -0.05) is 42.5 Å². The van der Waals surface area contributed by atoms with Gasteiger partial charge in [-0.25, -0.2) is 4.39 Å². The first-order chi connectivity index (χ1) is 13.7. The van der Waals surface area contributed by atoms with Gasteiger partial charge in [-0.3, -0.25) is 4.79 Å². The average Bonchev–Trinajstić information content (AvgIpc) is 2.75. The van der Waals surface area contributed by atoms with Crippen molar-refractivity contribution in [1.82, 2.24) is 4.90 Å². The van der Waals surface area contributed by atoms with E-state index >= 15 is 0 Å². The maximum absolute atomic E-state index is 14.0. The highest BCUT2D eigenvalue weighted by Crippen LogP contribution is 2.22. The Hall–Kier alpha value is -2.40. The number of nitrogens with zero attached hydrogens (tertiary/aromatic N) is 2. The lowest BCUT2D eigenvalue weighted by Crippen LogP contribution is -3.11. The number of nitrogens with one attached hydrogen (secondary N) is 1. The van der Waals surface area contributed by atoms with Crippen molar-refractivity contribution in [1.29, 1.82) is 0 Å². The molecule has 0 saturated carbocycles. The number of hydrogen-bond acceptors (Lipinski definition) is 2. The molecule has 0 aromatic heterocycles. The van der Waals surface area contributed by atoms with Gasteiger partial charge in [0.1, 0.15) is 12.4 Å². The van der Waals surface area contributed by atoms with E-state index in [0.717, 1.165) is 32.5 Å². The molecule has 1 amide bonds. The molecule has 4 nitrogen and oxygen atoms in total. The molecular formula is C23H29FN3O+. The van der Waals surface area contributed by atoms with E-state index in [1.54, 1.807) is 11.0 Å². The van der Waals surface area contributed by atoms with E-state index in [2.05, 4.69) is 30.3 Å². The van der Waals surface area contributed by atoms with Crippen LogP contribution >= 0.6 is 0 Å². The Morgan fingerprint density at radius 2 is 1.57 bits per heavy atom. The zero-order valence-electron chi connectivity index (χ0n) is 16.3. The van der Waals surface area contributed by atoms with Crippen LogP contribution in [0.15, 0.2) is 54.6 Å². The van der Waals surface area contributed by atoms with Crippen molar-refractivity contribution in [2.24, 2.45) is 5.92 Å². The maximum Gasteiger partial charge on any atom is 0.226 e. The summed E-state index contributed by atoms with van der Waals surface area (Å²) >= 11 is 0. The molecule has 2 aromatic carbocycles. The van der Waals surface area contributed by atoms with E-state index in [4.69, 9.17) is 0 Å². The molecule has 0 spiro atoms. The largest absolute Gasteiger partial charge is 0.366 e. The number of anilines is 1. The third-order valence-corrected chi connectivity index (χ3v) is 6.12. The van der Waals surface area contributed by atoms with E-state index in [-0.39, 0.29) is 11.7 Å². The van der Waals surface area contributed by atoms with Crippen molar-refractivity contribution in [2.45, 2.75) is 19.4 Å². The first-order valence-corrected chi connectivity index (χ1v) is 10.4. The van der Waals surface area contributed by atoms with Crippen molar-refractivity contribution >= 4 is 11.6 Å². The number of likely N-dealkylation sites (tertiary alicyclic amines) is 1. The SMILES string of the molecule is O=C(C1CC[NH+](Cc2ccccc2)CC1)N1CCN(c2ccccc2F)CC1. The highest BCUT2D eigenvalue weighted by molar-refractivity contribution is 5.79. The molecule has 2 heterocycles. The number of carbonyl (C=O) groups is 1. The highest BCUT2D eigenvalue weighted by atomic mass is 19.1. The topological polar surface area (TPSA) is 28.0 Å². The number of quaternary nitrogens is 1. The van der Waals surface area contributed by atoms with Gasteiger partial charge >= 0.3 is 0 Å². The minimum atomic E-state index is -0.184. The Morgan fingerprint density at radius 1 is 0.929 bits per heavy atom. The molecule has 5 heteroatoms. The van der Waals surface area contributed by atoms with Crippen LogP contribution in [0.25, 0.3) is 0 Å². The molecule has 148 valence electrons. The Labute approximate surface area is 166 Å². The van der Waals surface area contributed by atoms with E-state index in [9.17, 15) is 9.18 Å². The molecule has 1 N–H and O–H groups in total. The number of hydrogen-bond donors (Lipinski definition) is 1. The molecule has 2 fully saturated rings. The van der Waals surface area contributed by atoms with Crippen LogP contribution in [0.2, 0.25) is 0 Å². The fourth-order valence-corrected chi connectivity index (χ4v) is 4.47. The standard InChI is InChI=1S/C23H28FN3O/c24-21-8-4-5-9-22(21)26-14-16-27(17-15-26)23(28)20-10-12-25(13-11-20)18-19-6-2-1-3-7-19/h1-9,20H,10-18H2/p+1. The van der Waals surface area contributed by atoms with Gasteiger partial charge in [-0.2, -0.15) is 0 Å². The van der Waals surface area contributed by atoms with Gasteiger partial charge in [-0.15, -0.1) is 0 Å². The number of benzene rings is 2. The Morgan fingerprint density at radius 3 is 2.25 bits per heavy atom. The zero-order valence-corrected chi connectivity index (χ0v) is 16.3. The monoisotopic (exact) mass is 382 g/mol. The lowest BCUT2D eigenvalue weighted by molar-refractivity contribution is -0.919. The number of para-hydroxylation sites is 1. The van der Waals surface area contributed by atoms with E-state index in [0.29, 0.717) is 37.8 Å². The Bertz CT molecular complexity index is 781. The molecule has 0 unspecified atom stereocenters. The van der Waals surface area contributed by atoms with Gasteiger partial charge in [-0.05, 0) is 12.1 Å². The molecule has 4 rings (SSSR count). The summed E-state index contributed by atoms with van der Waals surface area (Å²) in [6.45, 7) is 5.92. The summed E-state index contributed by atoms with van der Waals surface area (Å²) in [5, 5.41) is 0. The molecule has 0 bridgehead atoms. The number of piperidine rings is 1. The number of rotatable bonds is 4. The normalized spacial score (nSPS) is 22.9. The molecule has 0 atom stereocenters. The predicted octanol–water partition coefficient (Wildman–Crippen LogP) is 1.97. The summed E-state index contributed by atoms with van der Waals surface area (Å²) in [4.78, 5) is 18.6. The van der Waals surface area contributed by atoms with E-state index in [1.165, 1.54) is 11.6 Å². The number of carbonyl (C=O) groups excluding carboxylic acids is 1. The molecule has 2 aliphatic rings. The van der Waals surface area contributed by atoms with E-state index < -0.39 is 0 Å². The molecule has 0 radical (unpaired) electrons. The molecule has 2 aromatic rings. The van der Waals surface area contributed by atoms with Crippen LogP contribution < -0.4 is 9.80 Å². The van der Waals surface area contributed by atoms with Gasteiger partial charge in [0.05, 0.1) is 18.8 Å². The zero-order chi connectivity index (χ0) is 19.3. The van der Waals surface area contributed by atoms with Crippen LogP contribution in [0.1, 0.15) is 18.4 Å². The lowest BCUT2D eigenvalue weighted by Gasteiger charge is -2.38. The Balaban J connectivity index is 1.25. The van der Waals surface area contributed by atoms with Gasteiger partial charge in [0.2, 0.25) is 5.91 Å². The molecule has 2 saturated heterocycles. The van der Waals surface area contributed by atoms with Gasteiger partial charge < -0.3 is 14.7 Å². The molecule has 0 aliphatic carbocycles. The molecular weight excluding hydrogens is 353 g/mol. The van der Waals surface area contributed by atoms with Crippen molar-refractivity contribution in [2.75, 3.05) is 44.2 Å². The van der Waals surface area contributed by atoms with Crippen LogP contribution in [-0.2, 0) is 11.3 Å². The second-order valence-corrected chi connectivity index (χ2v) is 7.95. The van der Waals surface area contributed by atoms with Gasteiger partial charge in [0, 0.05) is 50.5 Å².